The quantitative estimate of drug-likeness (QED) is 0.653. The molecule has 0 aliphatic rings. The molecule has 0 bridgehead atoms. The van der Waals surface area contributed by atoms with Crippen LogP contribution in [-0.4, -0.2) is 35.7 Å². The minimum atomic E-state index is -0.0699. The van der Waals surface area contributed by atoms with Gasteiger partial charge in [0.25, 0.3) is 5.91 Å². The van der Waals surface area contributed by atoms with E-state index in [0.717, 1.165) is 25.2 Å². The number of aryl methyl sites for hydroxylation is 1. The van der Waals surface area contributed by atoms with Crippen LogP contribution in [-0.2, 0) is 0 Å². The molecule has 0 aliphatic heterocycles. The van der Waals surface area contributed by atoms with E-state index >= 15 is 0 Å². The highest BCUT2D eigenvalue weighted by Gasteiger charge is 2.08. The number of rotatable bonds is 6. The maximum absolute atomic E-state index is 11.6. The standard InChI is InChI=1S/C10H18N4O.ClH/c1-3-4-11-5-6-12-10(15)9-7-13-14-8(9)2;/h7,11H,3-6H2,1-2H3,(H,12,15)(H,13,14);1H. The Balaban J connectivity index is 0.00000225. The molecular formula is C10H19ClN4O. The minimum Gasteiger partial charge on any atom is -0.351 e. The van der Waals surface area contributed by atoms with E-state index in [1.165, 1.54) is 0 Å². The molecule has 1 heterocycles. The van der Waals surface area contributed by atoms with Crippen LogP contribution >= 0.6 is 12.4 Å². The number of amides is 1. The number of hydrogen-bond acceptors (Lipinski definition) is 3. The van der Waals surface area contributed by atoms with Gasteiger partial charge in [-0.3, -0.25) is 9.89 Å². The summed E-state index contributed by atoms with van der Waals surface area (Å²) in [5.74, 6) is -0.0699. The van der Waals surface area contributed by atoms with Gasteiger partial charge in [-0.25, -0.2) is 0 Å². The molecule has 1 amide bonds. The number of aromatic nitrogens is 2. The first-order chi connectivity index (χ1) is 7.25. The topological polar surface area (TPSA) is 69.8 Å². The molecule has 0 aliphatic carbocycles. The second kappa shape index (κ2) is 8.13. The molecule has 0 saturated heterocycles. The van der Waals surface area contributed by atoms with Gasteiger partial charge >= 0.3 is 0 Å². The Bertz CT molecular complexity index is 314. The largest absolute Gasteiger partial charge is 0.351 e. The Morgan fingerprint density at radius 2 is 2.19 bits per heavy atom. The fourth-order valence-corrected chi connectivity index (χ4v) is 1.24. The van der Waals surface area contributed by atoms with Gasteiger partial charge in [0, 0.05) is 18.8 Å². The summed E-state index contributed by atoms with van der Waals surface area (Å²) in [5.41, 5.74) is 1.42. The van der Waals surface area contributed by atoms with E-state index in [1.807, 2.05) is 6.92 Å². The van der Waals surface area contributed by atoms with Crippen molar-refractivity contribution in [2.75, 3.05) is 19.6 Å². The Morgan fingerprint density at radius 1 is 1.44 bits per heavy atom. The molecule has 3 N–H and O–H groups in total. The third-order valence-electron chi connectivity index (χ3n) is 2.09. The maximum Gasteiger partial charge on any atom is 0.254 e. The van der Waals surface area contributed by atoms with Crippen molar-refractivity contribution < 1.29 is 4.79 Å². The van der Waals surface area contributed by atoms with Gasteiger partial charge in [0.05, 0.1) is 11.8 Å². The number of H-pyrrole nitrogens is 1. The number of nitrogens with one attached hydrogen (secondary N) is 3. The molecule has 0 fully saturated rings. The highest BCUT2D eigenvalue weighted by molar-refractivity contribution is 5.94. The van der Waals surface area contributed by atoms with E-state index < -0.39 is 0 Å². The third kappa shape index (κ3) is 4.63. The Hall–Kier alpha value is -1.07. The van der Waals surface area contributed by atoms with E-state index in [9.17, 15) is 4.79 Å². The zero-order valence-electron chi connectivity index (χ0n) is 9.67. The molecule has 1 aromatic rings. The molecule has 5 nitrogen and oxygen atoms in total. The fraction of sp³-hybridized carbons (Fsp3) is 0.600. The van der Waals surface area contributed by atoms with Gasteiger partial charge in [0.1, 0.15) is 0 Å². The molecular weight excluding hydrogens is 228 g/mol. The number of aromatic amines is 1. The van der Waals surface area contributed by atoms with E-state index in [-0.39, 0.29) is 18.3 Å². The van der Waals surface area contributed by atoms with Crippen molar-refractivity contribution in [2.24, 2.45) is 0 Å². The zero-order chi connectivity index (χ0) is 11.1. The van der Waals surface area contributed by atoms with Crippen molar-refractivity contribution in [1.82, 2.24) is 20.8 Å². The summed E-state index contributed by atoms with van der Waals surface area (Å²) in [6.07, 6.45) is 2.65. The van der Waals surface area contributed by atoms with Crippen molar-refractivity contribution in [3.05, 3.63) is 17.5 Å². The molecule has 0 radical (unpaired) electrons. The Morgan fingerprint density at radius 3 is 2.75 bits per heavy atom. The number of nitrogens with zero attached hydrogens (tertiary/aromatic N) is 1. The van der Waals surface area contributed by atoms with Gasteiger partial charge in [-0.05, 0) is 19.9 Å². The average Bonchev–Trinajstić information content (AvgIpc) is 2.64. The Labute approximate surface area is 102 Å². The van der Waals surface area contributed by atoms with E-state index in [1.54, 1.807) is 6.20 Å². The summed E-state index contributed by atoms with van der Waals surface area (Å²) in [7, 11) is 0. The van der Waals surface area contributed by atoms with Gasteiger partial charge < -0.3 is 10.6 Å². The lowest BCUT2D eigenvalue weighted by Gasteiger charge is -2.05. The summed E-state index contributed by atoms with van der Waals surface area (Å²) < 4.78 is 0. The maximum atomic E-state index is 11.6. The van der Waals surface area contributed by atoms with E-state index in [0.29, 0.717) is 12.1 Å². The molecule has 16 heavy (non-hydrogen) atoms. The van der Waals surface area contributed by atoms with Crippen LogP contribution in [0.15, 0.2) is 6.20 Å². The summed E-state index contributed by atoms with van der Waals surface area (Å²) in [5, 5.41) is 12.6. The molecule has 0 saturated carbocycles. The molecule has 92 valence electrons. The van der Waals surface area contributed by atoms with Crippen LogP contribution in [0, 0.1) is 6.92 Å². The first kappa shape index (κ1) is 14.9. The highest BCUT2D eigenvalue weighted by atomic mass is 35.5. The molecule has 1 aromatic heterocycles. The van der Waals surface area contributed by atoms with E-state index in [4.69, 9.17) is 0 Å². The second-order valence-corrected chi connectivity index (χ2v) is 3.41. The predicted octanol–water partition coefficient (Wildman–Crippen LogP) is 0.869. The van der Waals surface area contributed by atoms with Crippen LogP contribution in [0.2, 0.25) is 0 Å². The molecule has 0 atom stereocenters. The summed E-state index contributed by atoms with van der Waals surface area (Å²) in [6.45, 7) is 6.37. The van der Waals surface area contributed by atoms with Crippen molar-refractivity contribution in [3.63, 3.8) is 0 Å². The van der Waals surface area contributed by atoms with Crippen molar-refractivity contribution in [3.8, 4) is 0 Å². The number of carbonyl (C=O) groups is 1. The van der Waals surface area contributed by atoms with Crippen molar-refractivity contribution in [1.29, 1.82) is 0 Å². The summed E-state index contributed by atoms with van der Waals surface area (Å²) in [4.78, 5) is 11.6. The van der Waals surface area contributed by atoms with Gasteiger partial charge in [-0.1, -0.05) is 6.92 Å². The number of carbonyl (C=O) groups excluding carboxylic acids is 1. The highest BCUT2D eigenvalue weighted by Crippen LogP contribution is 2.00. The first-order valence-electron chi connectivity index (χ1n) is 5.24. The van der Waals surface area contributed by atoms with Gasteiger partial charge in [0.15, 0.2) is 0 Å². The lowest BCUT2D eigenvalue weighted by atomic mass is 10.2. The van der Waals surface area contributed by atoms with Crippen LogP contribution in [0.5, 0.6) is 0 Å². The lowest BCUT2D eigenvalue weighted by Crippen LogP contribution is -2.32. The first-order valence-corrected chi connectivity index (χ1v) is 5.24. The van der Waals surface area contributed by atoms with Gasteiger partial charge in [0.2, 0.25) is 0 Å². The predicted molar refractivity (Wildman–Crippen MR) is 66.1 cm³/mol. The van der Waals surface area contributed by atoms with Crippen molar-refractivity contribution in [2.45, 2.75) is 20.3 Å². The van der Waals surface area contributed by atoms with Crippen LogP contribution in [0.4, 0.5) is 0 Å². The monoisotopic (exact) mass is 246 g/mol. The number of hydrogen-bond donors (Lipinski definition) is 3. The molecule has 6 heteroatoms. The zero-order valence-corrected chi connectivity index (χ0v) is 10.5. The molecule has 0 spiro atoms. The second-order valence-electron chi connectivity index (χ2n) is 3.41. The SMILES string of the molecule is CCCNCCNC(=O)c1cn[nH]c1C.Cl. The third-order valence-corrected chi connectivity index (χ3v) is 2.09. The Kier molecular flexibility index (Phi) is 7.58. The summed E-state index contributed by atoms with van der Waals surface area (Å²) >= 11 is 0. The summed E-state index contributed by atoms with van der Waals surface area (Å²) in [6, 6.07) is 0. The fourth-order valence-electron chi connectivity index (χ4n) is 1.24. The van der Waals surface area contributed by atoms with Crippen molar-refractivity contribution >= 4 is 18.3 Å². The molecule has 1 rings (SSSR count). The van der Waals surface area contributed by atoms with E-state index in [2.05, 4.69) is 27.8 Å². The number of halogens is 1. The van der Waals surface area contributed by atoms with Crippen LogP contribution < -0.4 is 10.6 Å². The lowest BCUT2D eigenvalue weighted by molar-refractivity contribution is 0.0953. The van der Waals surface area contributed by atoms with Gasteiger partial charge in [-0.2, -0.15) is 5.10 Å². The molecule has 0 aromatic carbocycles. The van der Waals surface area contributed by atoms with Gasteiger partial charge in [-0.15, -0.1) is 12.4 Å². The normalized spacial score (nSPS) is 9.62. The van der Waals surface area contributed by atoms with Crippen LogP contribution in [0.25, 0.3) is 0 Å². The van der Waals surface area contributed by atoms with Crippen LogP contribution in [0.3, 0.4) is 0 Å². The van der Waals surface area contributed by atoms with Crippen LogP contribution in [0.1, 0.15) is 29.4 Å². The smallest absolute Gasteiger partial charge is 0.254 e. The average molecular weight is 247 g/mol. The molecule has 0 unspecified atom stereocenters. The minimum absolute atomic E-state index is 0.